The van der Waals surface area contributed by atoms with Gasteiger partial charge in [-0.15, -0.1) is 0 Å². The molecule has 3 nitrogen and oxygen atoms in total. The first kappa shape index (κ1) is 14.9. The molecule has 2 N–H and O–H groups in total. The third-order valence-electron chi connectivity index (χ3n) is 3.41. The molecule has 19 heavy (non-hydrogen) atoms. The zero-order chi connectivity index (χ0) is 13.8. The van der Waals surface area contributed by atoms with Crippen molar-refractivity contribution in [1.82, 2.24) is 5.32 Å². The third-order valence-corrected chi connectivity index (χ3v) is 4.22. The average Bonchev–Trinajstić information content (AvgIpc) is 2.81. The van der Waals surface area contributed by atoms with Crippen LogP contribution in [0.15, 0.2) is 16.6 Å². The molecule has 0 spiro atoms. The number of hydrogen-bond acceptors (Lipinski definition) is 3. The van der Waals surface area contributed by atoms with Gasteiger partial charge in [0.25, 0.3) is 0 Å². The minimum atomic E-state index is 0.370. The molecule has 1 saturated heterocycles. The maximum absolute atomic E-state index is 6.09. The van der Waals surface area contributed by atoms with Crippen LogP contribution in [-0.2, 0) is 0 Å². The van der Waals surface area contributed by atoms with Crippen molar-refractivity contribution in [3.8, 4) is 5.75 Å². The molecule has 5 heteroatoms. The molecule has 1 heterocycles. The third kappa shape index (κ3) is 4.01. The van der Waals surface area contributed by atoms with Crippen LogP contribution in [-0.4, -0.2) is 25.7 Å². The lowest BCUT2D eigenvalue weighted by molar-refractivity contribution is 0.413. The molecule has 0 amide bonds. The summed E-state index contributed by atoms with van der Waals surface area (Å²) in [5.74, 6) is 0.802. The predicted molar refractivity (Wildman–Crippen MR) is 84.4 cm³/mol. The monoisotopic (exact) mass is 346 g/mol. The lowest BCUT2D eigenvalue weighted by Crippen LogP contribution is -2.29. The summed E-state index contributed by atoms with van der Waals surface area (Å²) < 4.78 is 6.29. The van der Waals surface area contributed by atoms with Crippen LogP contribution in [0, 0.1) is 0 Å². The first-order chi connectivity index (χ1) is 9.10. The standard InChI is InChI=1S/C14H20BrClN2O/c1-9(6-11-4-3-5-17-11)18-13-8-10(16)7-12(15)14(13)19-2/h7-9,11,17-18H,3-6H2,1-2H3. The minimum Gasteiger partial charge on any atom is -0.493 e. The number of benzene rings is 1. The maximum atomic E-state index is 6.09. The molecule has 1 fully saturated rings. The lowest BCUT2D eigenvalue weighted by Gasteiger charge is -2.21. The smallest absolute Gasteiger partial charge is 0.156 e. The number of anilines is 1. The summed E-state index contributed by atoms with van der Waals surface area (Å²) in [6.07, 6.45) is 3.65. The molecule has 2 unspecified atom stereocenters. The molecule has 0 aromatic heterocycles. The molecule has 106 valence electrons. The van der Waals surface area contributed by atoms with Gasteiger partial charge in [-0.1, -0.05) is 11.6 Å². The van der Waals surface area contributed by atoms with Gasteiger partial charge in [-0.3, -0.25) is 0 Å². The quantitative estimate of drug-likeness (QED) is 0.843. The Kier molecular flexibility index (Phi) is 5.37. The van der Waals surface area contributed by atoms with Crippen LogP contribution in [0.5, 0.6) is 5.75 Å². The second kappa shape index (κ2) is 6.82. The van der Waals surface area contributed by atoms with Gasteiger partial charge < -0.3 is 15.4 Å². The molecule has 1 aliphatic rings. The van der Waals surface area contributed by atoms with E-state index in [0.717, 1.165) is 28.9 Å². The van der Waals surface area contributed by atoms with E-state index in [-0.39, 0.29) is 0 Å². The van der Waals surface area contributed by atoms with Gasteiger partial charge in [0, 0.05) is 17.1 Å². The van der Waals surface area contributed by atoms with E-state index in [1.165, 1.54) is 12.8 Å². The molecule has 0 radical (unpaired) electrons. The van der Waals surface area contributed by atoms with Crippen LogP contribution in [0.3, 0.4) is 0 Å². The fourth-order valence-electron chi connectivity index (χ4n) is 2.58. The lowest BCUT2D eigenvalue weighted by atomic mass is 10.1. The van der Waals surface area contributed by atoms with Crippen LogP contribution >= 0.6 is 27.5 Å². The summed E-state index contributed by atoms with van der Waals surface area (Å²) in [6.45, 7) is 3.33. The van der Waals surface area contributed by atoms with Gasteiger partial charge >= 0.3 is 0 Å². The van der Waals surface area contributed by atoms with E-state index in [4.69, 9.17) is 16.3 Å². The van der Waals surface area contributed by atoms with Gasteiger partial charge in [-0.05, 0) is 60.8 Å². The van der Waals surface area contributed by atoms with Crippen LogP contribution in [0.25, 0.3) is 0 Å². The number of nitrogens with one attached hydrogen (secondary N) is 2. The first-order valence-electron chi connectivity index (χ1n) is 6.63. The molecule has 1 aromatic carbocycles. The van der Waals surface area contributed by atoms with E-state index in [2.05, 4.69) is 33.5 Å². The molecular weight excluding hydrogens is 328 g/mol. The Labute approximate surface area is 128 Å². The van der Waals surface area contributed by atoms with Crippen LogP contribution in [0.2, 0.25) is 5.02 Å². The fraction of sp³-hybridized carbons (Fsp3) is 0.571. The van der Waals surface area contributed by atoms with Gasteiger partial charge in [0.2, 0.25) is 0 Å². The average molecular weight is 348 g/mol. The van der Waals surface area contributed by atoms with Crippen molar-refractivity contribution in [3.05, 3.63) is 21.6 Å². The van der Waals surface area contributed by atoms with Gasteiger partial charge in [-0.25, -0.2) is 0 Å². The van der Waals surface area contributed by atoms with E-state index in [1.807, 2.05) is 12.1 Å². The van der Waals surface area contributed by atoms with E-state index in [9.17, 15) is 0 Å². The second-order valence-corrected chi connectivity index (χ2v) is 6.33. The largest absolute Gasteiger partial charge is 0.493 e. The van der Waals surface area contributed by atoms with Crippen molar-refractivity contribution >= 4 is 33.2 Å². The molecule has 0 bridgehead atoms. The van der Waals surface area contributed by atoms with Crippen LogP contribution in [0.1, 0.15) is 26.2 Å². The zero-order valence-corrected chi connectivity index (χ0v) is 13.6. The Morgan fingerprint density at radius 1 is 1.58 bits per heavy atom. The number of hydrogen-bond donors (Lipinski definition) is 2. The summed E-state index contributed by atoms with van der Waals surface area (Å²) in [6, 6.07) is 4.74. The molecule has 2 rings (SSSR count). The second-order valence-electron chi connectivity index (χ2n) is 5.04. The summed E-state index contributed by atoms with van der Waals surface area (Å²) in [5, 5.41) is 7.70. The number of halogens is 2. The van der Waals surface area contributed by atoms with Crippen molar-refractivity contribution in [2.45, 2.75) is 38.3 Å². The van der Waals surface area contributed by atoms with Gasteiger partial charge in [0.15, 0.2) is 5.75 Å². The SMILES string of the molecule is COc1c(Br)cc(Cl)cc1NC(C)CC1CCCN1. The summed E-state index contributed by atoms with van der Waals surface area (Å²) in [4.78, 5) is 0. The Balaban J connectivity index is 2.04. The van der Waals surface area contributed by atoms with Crippen molar-refractivity contribution in [2.24, 2.45) is 0 Å². The van der Waals surface area contributed by atoms with Crippen molar-refractivity contribution in [1.29, 1.82) is 0 Å². The first-order valence-corrected chi connectivity index (χ1v) is 7.80. The highest BCUT2D eigenvalue weighted by Crippen LogP contribution is 2.36. The topological polar surface area (TPSA) is 33.3 Å². The van der Waals surface area contributed by atoms with Crippen LogP contribution < -0.4 is 15.4 Å². The molecular formula is C14H20BrClN2O. The number of rotatable bonds is 5. The van der Waals surface area contributed by atoms with Gasteiger partial charge in [0.1, 0.15) is 0 Å². The predicted octanol–water partition coefficient (Wildman–Crippen LogP) is 4.05. The summed E-state index contributed by atoms with van der Waals surface area (Å²) in [7, 11) is 1.67. The van der Waals surface area contributed by atoms with Crippen LogP contribution in [0.4, 0.5) is 5.69 Å². The van der Waals surface area contributed by atoms with Crippen molar-refractivity contribution in [3.63, 3.8) is 0 Å². The number of ether oxygens (including phenoxy) is 1. The van der Waals surface area contributed by atoms with Crippen molar-refractivity contribution in [2.75, 3.05) is 19.0 Å². The molecule has 1 aliphatic heterocycles. The summed E-state index contributed by atoms with van der Waals surface area (Å²) in [5.41, 5.74) is 0.937. The van der Waals surface area contributed by atoms with E-state index < -0.39 is 0 Å². The van der Waals surface area contributed by atoms with Gasteiger partial charge in [0.05, 0.1) is 17.3 Å². The number of methoxy groups -OCH3 is 1. The van der Waals surface area contributed by atoms with Crippen molar-refractivity contribution < 1.29 is 4.74 Å². The molecule has 0 aliphatic carbocycles. The van der Waals surface area contributed by atoms with E-state index in [1.54, 1.807) is 7.11 Å². The molecule has 1 aromatic rings. The molecule has 0 saturated carbocycles. The minimum absolute atomic E-state index is 0.370. The fourth-order valence-corrected chi connectivity index (χ4v) is 3.56. The Morgan fingerprint density at radius 3 is 3.00 bits per heavy atom. The normalized spacial score (nSPS) is 20.3. The summed E-state index contributed by atoms with van der Waals surface area (Å²) >= 11 is 9.57. The highest BCUT2D eigenvalue weighted by atomic mass is 79.9. The Bertz CT molecular complexity index is 436. The highest BCUT2D eigenvalue weighted by molar-refractivity contribution is 9.10. The Morgan fingerprint density at radius 2 is 2.37 bits per heavy atom. The van der Waals surface area contributed by atoms with E-state index >= 15 is 0 Å². The maximum Gasteiger partial charge on any atom is 0.156 e. The molecule has 2 atom stereocenters. The van der Waals surface area contributed by atoms with Gasteiger partial charge in [-0.2, -0.15) is 0 Å². The van der Waals surface area contributed by atoms with E-state index in [0.29, 0.717) is 17.1 Å². The highest BCUT2D eigenvalue weighted by Gasteiger charge is 2.18. The Hall–Kier alpha value is -0.450. The zero-order valence-electron chi connectivity index (χ0n) is 11.3.